The number of rotatable bonds is 6. The zero-order valence-electron chi connectivity index (χ0n) is 14.3. The lowest BCUT2D eigenvalue weighted by Gasteiger charge is -2.27. The smallest absolute Gasteiger partial charge is 0.410 e. The maximum atomic E-state index is 13.5. The summed E-state index contributed by atoms with van der Waals surface area (Å²) in [4.78, 5) is 13.3. The summed E-state index contributed by atoms with van der Waals surface area (Å²) < 4.78 is 23.5. The highest BCUT2D eigenvalue weighted by Gasteiger charge is 2.22. The molecule has 0 saturated heterocycles. The van der Waals surface area contributed by atoms with Gasteiger partial charge in [0.2, 0.25) is 0 Å². The van der Waals surface area contributed by atoms with E-state index in [9.17, 15) is 9.18 Å². The molecule has 0 heterocycles. The largest absolute Gasteiger partial charge is 0.444 e. The molecule has 0 rings (SSSR count). The number of halogens is 1. The van der Waals surface area contributed by atoms with Crippen LogP contribution in [0.2, 0.25) is 0 Å². The monoisotopic (exact) mass is 307 g/mol. The first-order valence-electron chi connectivity index (χ1n) is 7.19. The second kappa shape index (κ2) is 11.5. The Kier molecular flexibility index (Phi) is 12.1. The Bertz CT molecular complexity index is 324. The number of amides is 1. The minimum absolute atomic E-state index is 0.0195. The highest BCUT2D eigenvalue weighted by molar-refractivity contribution is 5.68. The zero-order valence-corrected chi connectivity index (χ0v) is 14.3. The molecule has 0 aliphatic carbocycles. The molecule has 0 aromatic rings. The summed E-state index contributed by atoms with van der Waals surface area (Å²) in [5, 5.41) is 8.82. The third kappa shape index (κ3) is 10.3. The molecule has 5 nitrogen and oxygen atoms in total. The van der Waals surface area contributed by atoms with Gasteiger partial charge in [0.15, 0.2) is 0 Å². The predicted molar refractivity (Wildman–Crippen MR) is 81.9 cm³/mol. The number of likely N-dealkylation sites (N-methyl/N-ethyl adjacent to an activating group) is 1. The Morgan fingerprint density at radius 1 is 1.29 bits per heavy atom. The highest BCUT2D eigenvalue weighted by Crippen LogP contribution is 2.13. The van der Waals surface area contributed by atoms with Crippen molar-refractivity contribution >= 4 is 6.09 Å². The molecule has 1 amide bonds. The van der Waals surface area contributed by atoms with Crippen LogP contribution in [0.15, 0.2) is 11.4 Å². The Balaban J connectivity index is 0. The van der Waals surface area contributed by atoms with Crippen LogP contribution in [0.25, 0.3) is 0 Å². The number of carbonyl (C=O) groups is 1. The molecule has 0 bridgehead atoms. The van der Waals surface area contributed by atoms with Crippen molar-refractivity contribution in [3.8, 4) is 0 Å². The van der Waals surface area contributed by atoms with Gasteiger partial charge in [0.25, 0.3) is 0 Å². The first kappa shape index (κ1) is 22.1. The van der Waals surface area contributed by atoms with E-state index >= 15 is 0 Å². The van der Waals surface area contributed by atoms with Crippen molar-refractivity contribution in [2.45, 2.75) is 47.1 Å². The van der Waals surface area contributed by atoms with E-state index in [2.05, 4.69) is 0 Å². The van der Waals surface area contributed by atoms with Gasteiger partial charge in [0.1, 0.15) is 11.4 Å². The minimum Gasteiger partial charge on any atom is -0.444 e. The maximum absolute atomic E-state index is 13.5. The van der Waals surface area contributed by atoms with E-state index in [1.807, 2.05) is 13.8 Å². The van der Waals surface area contributed by atoms with Gasteiger partial charge in [-0.2, -0.15) is 0 Å². The van der Waals surface area contributed by atoms with Gasteiger partial charge in [0.05, 0.1) is 19.8 Å². The second-order valence-electron chi connectivity index (χ2n) is 5.09. The van der Waals surface area contributed by atoms with Crippen LogP contribution in [0, 0.1) is 0 Å². The summed E-state index contributed by atoms with van der Waals surface area (Å²) in [5.74, 6) is -0.677. The molecule has 0 aromatic carbocycles. The fraction of sp³-hybridized carbons (Fsp3) is 0.800. The molecule has 0 radical (unpaired) electrons. The lowest BCUT2D eigenvalue weighted by molar-refractivity contribution is 0.0269. The molecule has 0 aliphatic heterocycles. The van der Waals surface area contributed by atoms with E-state index < -0.39 is 24.1 Å². The molecule has 0 atom stereocenters. The Hall–Kier alpha value is -1.14. The molecule has 126 valence electrons. The molecule has 0 aliphatic rings. The minimum atomic E-state index is -0.704. The number of methoxy groups -OCH3 is 1. The Morgan fingerprint density at radius 3 is 2.14 bits per heavy atom. The van der Waals surface area contributed by atoms with Crippen LogP contribution < -0.4 is 0 Å². The molecule has 0 spiro atoms. The van der Waals surface area contributed by atoms with Crippen molar-refractivity contribution in [1.29, 1.82) is 0 Å². The lowest BCUT2D eigenvalue weighted by Crippen LogP contribution is -2.38. The standard InChI is InChI=1S/C13H24FNO4.C2H6/c1-6-15(12(17)19-13(2,3)4)7-10(9-18-5)11(14)8-16;1-2/h16H,6-9H2,1-5H3;1-2H3/b11-10+;. The van der Waals surface area contributed by atoms with Crippen LogP contribution in [0.3, 0.4) is 0 Å². The second-order valence-corrected chi connectivity index (χ2v) is 5.09. The van der Waals surface area contributed by atoms with E-state index in [1.165, 1.54) is 12.0 Å². The fourth-order valence-electron chi connectivity index (χ4n) is 1.36. The third-order valence-corrected chi connectivity index (χ3v) is 2.26. The molecule has 0 fully saturated rings. The van der Waals surface area contributed by atoms with Crippen LogP contribution in [-0.2, 0) is 9.47 Å². The maximum Gasteiger partial charge on any atom is 0.410 e. The van der Waals surface area contributed by atoms with E-state index in [1.54, 1.807) is 27.7 Å². The average molecular weight is 307 g/mol. The summed E-state index contributed by atoms with van der Waals surface area (Å²) in [6.45, 7) is 10.8. The van der Waals surface area contributed by atoms with Gasteiger partial charge in [-0.05, 0) is 27.7 Å². The summed E-state index contributed by atoms with van der Waals surface area (Å²) in [7, 11) is 1.43. The van der Waals surface area contributed by atoms with Crippen molar-refractivity contribution in [2.75, 3.05) is 33.4 Å². The number of aliphatic hydroxyl groups excluding tert-OH is 1. The molecule has 1 N–H and O–H groups in total. The van der Waals surface area contributed by atoms with Crippen molar-refractivity contribution in [2.24, 2.45) is 0 Å². The van der Waals surface area contributed by atoms with E-state index in [-0.39, 0.29) is 18.7 Å². The van der Waals surface area contributed by atoms with Crippen molar-refractivity contribution in [3.05, 3.63) is 11.4 Å². The quantitative estimate of drug-likeness (QED) is 0.819. The number of nitrogens with zero attached hydrogens (tertiary/aromatic N) is 1. The average Bonchev–Trinajstić information content (AvgIpc) is 2.42. The number of aliphatic hydroxyl groups is 1. The predicted octanol–water partition coefficient (Wildman–Crippen LogP) is 3.13. The molecular formula is C15H30FNO4. The molecule has 0 aromatic heterocycles. The molecule has 0 saturated carbocycles. The number of ether oxygens (including phenoxy) is 2. The highest BCUT2D eigenvalue weighted by atomic mass is 19.1. The topological polar surface area (TPSA) is 59.0 Å². The Morgan fingerprint density at radius 2 is 1.81 bits per heavy atom. The summed E-state index contributed by atoms with van der Waals surface area (Å²) >= 11 is 0. The van der Waals surface area contributed by atoms with Gasteiger partial charge in [-0.15, -0.1) is 0 Å². The number of hydrogen-bond acceptors (Lipinski definition) is 4. The fourth-order valence-corrected chi connectivity index (χ4v) is 1.36. The van der Waals surface area contributed by atoms with Gasteiger partial charge in [0, 0.05) is 19.2 Å². The van der Waals surface area contributed by atoms with Crippen molar-refractivity contribution in [1.82, 2.24) is 4.90 Å². The van der Waals surface area contributed by atoms with Crippen LogP contribution in [0.5, 0.6) is 0 Å². The number of hydrogen-bond donors (Lipinski definition) is 1. The van der Waals surface area contributed by atoms with Gasteiger partial charge >= 0.3 is 6.09 Å². The van der Waals surface area contributed by atoms with E-state index in [4.69, 9.17) is 14.6 Å². The Labute approximate surface area is 127 Å². The third-order valence-electron chi connectivity index (χ3n) is 2.26. The van der Waals surface area contributed by atoms with Crippen molar-refractivity contribution < 1.29 is 23.8 Å². The van der Waals surface area contributed by atoms with Crippen molar-refractivity contribution in [3.63, 3.8) is 0 Å². The first-order valence-corrected chi connectivity index (χ1v) is 7.19. The van der Waals surface area contributed by atoms with Crippen LogP contribution in [0.4, 0.5) is 9.18 Å². The zero-order chi connectivity index (χ0) is 17.1. The van der Waals surface area contributed by atoms with E-state index in [0.29, 0.717) is 6.54 Å². The first-order chi connectivity index (χ1) is 9.75. The molecule has 6 heteroatoms. The molecular weight excluding hydrogens is 277 g/mol. The van der Waals surface area contributed by atoms with Gasteiger partial charge in [-0.3, -0.25) is 0 Å². The lowest BCUT2D eigenvalue weighted by atomic mass is 10.2. The molecule has 0 unspecified atom stereocenters. The SMILES string of the molecule is CC.CCN(C/C(COC)=C(\F)CO)C(=O)OC(C)(C)C. The van der Waals surface area contributed by atoms with Gasteiger partial charge in [-0.1, -0.05) is 13.8 Å². The summed E-state index contributed by atoms with van der Waals surface area (Å²) in [5.41, 5.74) is -0.372. The van der Waals surface area contributed by atoms with Gasteiger partial charge < -0.3 is 19.5 Å². The summed E-state index contributed by atoms with van der Waals surface area (Å²) in [6, 6.07) is 0. The van der Waals surface area contributed by atoms with Crippen LogP contribution in [-0.4, -0.2) is 55.1 Å². The number of carbonyl (C=O) groups excluding carboxylic acids is 1. The summed E-state index contributed by atoms with van der Waals surface area (Å²) in [6.07, 6.45) is -0.519. The van der Waals surface area contributed by atoms with Crippen LogP contribution >= 0.6 is 0 Å². The normalized spacial score (nSPS) is 12.0. The van der Waals surface area contributed by atoms with Crippen LogP contribution in [0.1, 0.15) is 41.5 Å². The van der Waals surface area contributed by atoms with Gasteiger partial charge in [-0.25, -0.2) is 9.18 Å². The van der Waals surface area contributed by atoms with E-state index in [0.717, 1.165) is 0 Å². The molecule has 21 heavy (non-hydrogen) atoms.